The molecule has 10 heavy (non-hydrogen) atoms. The van der Waals surface area contributed by atoms with Crippen LogP contribution in [0.2, 0.25) is 0 Å². The van der Waals surface area contributed by atoms with Gasteiger partial charge in [0.2, 0.25) is 0 Å². The van der Waals surface area contributed by atoms with E-state index in [2.05, 4.69) is 0 Å². The Morgan fingerprint density at radius 3 is 0.500 bits per heavy atom. The van der Waals surface area contributed by atoms with Crippen LogP contribution < -0.4 is 28.0 Å². The summed E-state index contributed by atoms with van der Waals surface area (Å²) >= 11 is -1.25. The number of hydrogen-bond donors (Lipinski definition) is 0. The zero-order chi connectivity index (χ0) is 8.12. The molecule has 0 bridgehead atoms. The second-order valence-corrected chi connectivity index (χ2v) is 0.567. The minimum Gasteiger partial charge on any atom is -0.544 e. The molecule has 0 aromatic carbocycles. The minimum atomic E-state index is -0.417. The Balaban J connectivity index is -0.0000000257. The maximum absolute atomic E-state index is 8.24. The third-order valence-corrected chi connectivity index (χ3v) is 0. The smallest absolute Gasteiger partial charge is 0.0878 e. The van der Waals surface area contributed by atoms with Crippen molar-refractivity contribution in [3.8, 4) is 0 Å². The van der Waals surface area contributed by atoms with E-state index in [1.54, 1.807) is 0 Å². The molecule has 0 spiro atoms. The van der Waals surface area contributed by atoms with E-state index < -0.39 is 34.0 Å². The Kier molecular flexibility index (Phi) is 111. The second-order valence-electron chi connectivity index (χ2n) is 0.189. The van der Waals surface area contributed by atoms with Gasteiger partial charge in [0.1, 0.15) is 0 Å². The minimum absolute atomic E-state index is 0. The van der Waals surface area contributed by atoms with Gasteiger partial charge in [-0.3, -0.25) is 0 Å². The molecule has 0 saturated heterocycles. The molecule has 0 fully saturated rings. The first kappa shape index (κ1) is 22.5. The molecule has 6 nitrogen and oxygen atoms in total. The predicted octanol–water partition coefficient (Wildman–Crippen LogP) is -7.14. The molecular weight excluding hydrogens is 266 g/mol. The van der Waals surface area contributed by atoms with Crippen LogP contribution in [0.3, 0.4) is 0 Å². The molecule has 0 atom stereocenters. The monoisotopic (exact) mass is 264 g/mol. The van der Waals surface area contributed by atoms with Gasteiger partial charge in [0, 0.05) is 17.1 Å². The first-order valence-corrected chi connectivity index (χ1v) is 2.78. The Morgan fingerprint density at radius 2 is 0.500 bits per heavy atom. The zero-order valence-electron chi connectivity index (χ0n) is 3.88. The van der Waals surface area contributed by atoms with Crippen LogP contribution in [-0.2, 0) is 17.1 Å². The molecule has 0 aromatic rings. The molecule has 0 aliphatic rings. The Bertz CT molecular complexity index is 17.7. The summed E-state index contributed by atoms with van der Waals surface area (Å²) in [4.78, 5) is 0. The summed E-state index contributed by atoms with van der Waals surface area (Å²) in [6.07, 6.45) is 0. The van der Waals surface area contributed by atoms with Crippen molar-refractivity contribution in [2.75, 3.05) is 0 Å². The SMILES string of the molecule is [Cu].[O-][Cl+][O-].[O-][Cl+][O-].[O-][Cl+][O-]. The van der Waals surface area contributed by atoms with Gasteiger partial charge in [-0.1, -0.05) is 0 Å². The summed E-state index contributed by atoms with van der Waals surface area (Å²) in [7, 11) is 0. The fraction of sp³-hybridized carbons (Fsp3) is 0. The molecule has 1 radical (unpaired) electrons. The third-order valence-electron chi connectivity index (χ3n) is 0. The van der Waals surface area contributed by atoms with Gasteiger partial charge in [-0.15, -0.1) is 0 Å². The summed E-state index contributed by atoms with van der Waals surface area (Å²) in [6.45, 7) is 0. The van der Waals surface area contributed by atoms with E-state index in [1.807, 2.05) is 0 Å². The molecule has 10 heteroatoms. The third kappa shape index (κ3) is 460. The van der Waals surface area contributed by atoms with Crippen LogP contribution in [0.5, 0.6) is 0 Å². The van der Waals surface area contributed by atoms with Gasteiger partial charge < -0.3 is 28.0 Å². The van der Waals surface area contributed by atoms with Crippen molar-refractivity contribution in [1.29, 1.82) is 0 Å². The van der Waals surface area contributed by atoms with Crippen molar-refractivity contribution >= 4 is 0 Å². The van der Waals surface area contributed by atoms with E-state index in [-0.39, 0.29) is 17.1 Å². The summed E-state index contributed by atoms with van der Waals surface area (Å²) < 4.78 is 49.4. The van der Waals surface area contributed by atoms with Gasteiger partial charge in [0.15, 0.2) is 0 Å². The predicted molar refractivity (Wildman–Crippen MR) is 0 cm³/mol. The van der Waals surface area contributed by atoms with Crippen molar-refractivity contribution in [2.45, 2.75) is 0 Å². The van der Waals surface area contributed by atoms with Crippen molar-refractivity contribution < 1.29 is 79.0 Å². The van der Waals surface area contributed by atoms with E-state index in [9.17, 15) is 0 Å². The number of rotatable bonds is 0. The quantitative estimate of drug-likeness (QED) is 0.399. The molecule has 0 aliphatic heterocycles. The maximum Gasteiger partial charge on any atom is 0.0878 e. The molecule has 0 rings (SSSR count). The Labute approximate surface area is 79.2 Å². The van der Waals surface area contributed by atoms with Gasteiger partial charge in [-0.05, 0) is 0 Å². The zero-order valence-corrected chi connectivity index (χ0v) is 7.09. The number of halogens is 3. The molecule has 0 amide bonds. The first-order chi connectivity index (χ1) is 4.24. The van der Waals surface area contributed by atoms with Crippen molar-refractivity contribution in [1.82, 2.24) is 0 Å². The van der Waals surface area contributed by atoms with E-state index >= 15 is 0 Å². The molecule has 0 saturated carbocycles. The molecule has 0 aromatic heterocycles. The average molecular weight is 266 g/mol. The Morgan fingerprint density at radius 1 is 0.500 bits per heavy atom. The summed E-state index contributed by atoms with van der Waals surface area (Å²) in [5.74, 6) is 0. The van der Waals surface area contributed by atoms with Crippen LogP contribution in [0.15, 0.2) is 0 Å². The Hall–Kier alpha value is 1.15. The van der Waals surface area contributed by atoms with Gasteiger partial charge in [-0.25, -0.2) is 0 Å². The fourth-order valence-electron chi connectivity index (χ4n) is 0. The molecular formula is Cl3CuO6-3. The van der Waals surface area contributed by atoms with E-state index in [1.165, 1.54) is 0 Å². The average Bonchev–Trinajstić information content (AvgIpc) is 1.70. The molecule has 0 heterocycles. The van der Waals surface area contributed by atoms with Gasteiger partial charge in [0.25, 0.3) is 0 Å². The normalized spacial score (nSPS) is 5.40. The van der Waals surface area contributed by atoms with E-state index in [0.29, 0.717) is 0 Å². The van der Waals surface area contributed by atoms with Gasteiger partial charge >= 0.3 is 0 Å². The van der Waals surface area contributed by atoms with Gasteiger partial charge in [-0.2, -0.15) is 0 Å². The molecule has 71 valence electrons. The molecule has 0 unspecified atom stereocenters. The van der Waals surface area contributed by atoms with Crippen molar-refractivity contribution in [2.24, 2.45) is 0 Å². The van der Waals surface area contributed by atoms with Crippen LogP contribution in [0.25, 0.3) is 0 Å². The van der Waals surface area contributed by atoms with E-state index in [0.717, 1.165) is 0 Å². The van der Waals surface area contributed by atoms with Crippen LogP contribution in [0, 0.1) is 34.0 Å². The number of hydrogen-bond acceptors (Lipinski definition) is 6. The standard InChI is InChI=1S/3ClO2.Cu/c3*2-1-3;/q3*-1;. The van der Waals surface area contributed by atoms with Crippen molar-refractivity contribution in [3.63, 3.8) is 0 Å². The molecule has 0 aliphatic carbocycles. The first-order valence-electron chi connectivity index (χ1n) is 0.926. The van der Waals surface area contributed by atoms with Crippen LogP contribution >= 0.6 is 0 Å². The van der Waals surface area contributed by atoms with Gasteiger partial charge in [0.05, 0.1) is 34.0 Å². The van der Waals surface area contributed by atoms with Crippen molar-refractivity contribution in [3.05, 3.63) is 0 Å². The maximum atomic E-state index is 8.24. The fourth-order valence-corrected chi connectivity index (χ4v) is 0. The second kappa shape index (κ2) is 49.3. The van der Waals surface area contributed by atoms with Crippen LogP contribution in [-0.4, -0.2) is 0 Å². The van der Waals surface area contributed by atoms with Crippen LogP contribution in [0.4, 0.5) is 0 Å². The largest absolute Gasteiger partial charge is 0.544 e. The summed E-state index contributed by atoms with van der Waals surface area (Å²) in [5, 5.41) is 0. The summed E-state index contributed by atoms with van der Waals surface area (Å²) in [6, 6.07) is 0. The van der Waals surface area contributed by atoms with E-state index in [4.69, 9.17) is 28.0 Å². The topological polar surface area (TPSA) is 138 Å². The summed E-state index contributed by atoms with van der Waals surface area (Å²) in [5.41, 5.74) is 0. The molecule has 0 N–H and O–H groups in total. The van der Waals surface area contributed by atoms with Crippen LogP contribution in [0.1, 0.15) is 0 Å².